The number of para-hydroxylation sites is 1. The van der Waals surface area contributed by atoms with Crippen LogP contribution in [0.2, 0.25) is 0 Å². The molecule has 1 aromatic carbocycles. The number of nitrogens with one attached hydrogen (secondary N) is 1. The van der Waals surface area contributed by atoms with Crippen LogP contribution in [-0.4, -0.2) is 68.8 Å². The summed E-state index contributed by atoms with van der Waals surface area (Å²) < 4.78 is 39.6. The van der Waals surface area contributed by atoms with E-state index in [2.05, 4.69) is 16.0 Å². The smallest absolute Gasteiger partial charge is 0.255 e. The zero-order valence-electron chi connectivity index (χ0n) is 23.5. The average Bonchev–Trinajstić information content (AvgIpc) is 3.41. The number of hydrogen-bond acceptors (Lipinski definition) is 5. The molecule has 5 heterocycles. The first-order chi connectivity index (χ1) is 20.2. The summed E-state index contributed by atoms with van der Waals surface area (Å²) in [5.74, 6) is 0.280. The fourth-order valence-corrected chi connectivity index (χ4v) is 6.40. The van der Waals surface area contributed by atoms with E-state index in [1.165, 1.54) is 21.7 Å². The van der Waals surface area contributed by atoms with Gasteiger partial charge in [-0.3, -0.25) is 9.59 Å². The SMILES string of the molecule is Cc1c(-c2cc3cccc(OCC4CCC(=O)N4)c3n2CC2CC2)nn2cc(C(=O)N3C[C@H](N)C[C@@H](F)C3)cc(F)c12. The molecule has 220 valence electrons. The van der Waals surface area contributed by atoms with Crippen LogP contribution >= 0.6 is 0 Å². The molecule has 0 bridgehead atoms. The molecule has 3 aliphatic rings. The van der Waals surface area contributed by atoms with E-state index in [9.17, 15) is 14.0 Å². The van der Waals surface area contributed by atoms with Crippen molar-refractivity contribution in [1.82, 2.24) is 24.4 Å². The molecule has 0 spiro atoms. The molecule has 1 aliphatic carbocycles. The highest BCUT2D eigenvalue weighted by atomic mass is 19.1. The molecule has 1 saturated carbocycles. The zero-order valence-corrected chi connectivity index (χ0v) is 23.5. The number of nitrogens with zero attached hydrogens (tertiary/aromatic N) is 4. The Morgan fingerprint density at radius 3 is 2.76 bits per heavy atom. The number of likely N-dealkylation sites (tertiary alicyclic amines) is 1. The lowest BCUT2D eigenvalue weighted by atomic mass is 10.0. The molecule has 9 nitrogen and oxygen atoms in total. The van der Waals surface area contributed by atoms with Gasteiger partial charge in [0, 0.05) is 42.7 Å². The van der Waals surface area contributed by atoms with Crippen molar-refractivity contribution in [1.29, 1.82) is 0 Å². The van der Waals surface area contributed by atoms with Crippen LogP contribution in [0.4, 0.5) is 8.78 Å². The van der Waals surface area contributed by atoms with E-state index in [0.29, 0.717) is 30.2 Å². The molecule has 11 heteroatoms. The van der Waals surface area contributed by atoms with Gasteiger partial charge in [-0.2, -0.15) is 5.10 Å². The van der Waals surface area contributed by atoms with Crippen LogP contribution in [-0.2, 0) is 11.3 Å². The van der Waals surface area contributed by atoms with Crippen LogP contribution in [0.5, 0.6) is 5.75 Å². The van der Waals surface area contributed by atoms with Crippen molar-refractivity contribution in [3.63, 3.8) is 0 Å². The fraction of sp³-hybridized carbons (Fsp3) is 0.452. The van der Waals surface area contributed by atoms with Crippen LogP contribution in [0.3, 0.4) is 0 Å². The molecule has 3 N–H and O–H groups in total. The van der Waals surface area contributed by atoms with Crippen LogP contribution in [0.15, 0.2) is 36.5 Å². The second-order valence-corrected chi connectivity index (χ2v) is 12.0. The number of carbonyl (C=O) groups is 2. The van der Waals surface area contributed by atoms with Crippen LogP contribution in [0.1, 0.15) is 48.0 Å². The summed E-state index contributed by atoms with van der Waals surface area (Å²) >= 11 is 0. The topological polar surface area (TPSA) is 107 Å². The third kappa shape index (κ3) is 4.89. The quantitative estimate of drug-likeness (QED) is 0.346. The van der Waals surface area contributed by atoms with Gasteiger partial charge in [0.1, 0.15) is 35.6 Å². The number of benzene rings is 1. The summed E-state index contributed by atoms with van der Waals surface area (Å²) in [6.45, 7) is 3.15. The Morgan fingerprint density at radius 1 is 1.19 bits per heavy atom. The molecular weight excluding hydrogens is 542 g/mol. The Balaban J connectivity index is 1.28. The van der Waals surface area contributed by atoms with Gasteiger partial charge in [0.25, 0.3) is 5.91 Å². The van der Waals surface area contributed by atoms with Crippen LogP contribution < -0.4 is 15.8 Å². The maximum Gasteiger partial charge on any atom is 0.255 e. The van der Waals surface area contributed by atoms with Crippen molar-refractivity contribution in [2.24, 2.45) is 11.7 Å². The first-order valence-electron chi connectivity index (χ1n) is 14.7. The van der Waals surface area contributed by atoms with Gasteiger partial charge in [0.05, 0.1) is 29.4 Å². The number of alkyl halides is 1. The number of hydrogen-bond donors (Lipinski definition) is 2. The second kappa shape index (κ2) is 10.4. The summed E-state index contributed by atoms with van der Waals surface area (Å²) in [6.07, 6.45) is 4.06. The number of ether oxygens (including phenoxy) is 1. The van der Waals surface area contributed by atoms with Gasteiger partial charge in [-0.05, 0) is 56.7 Å². The molecule has 2 aliphatic heterocycles. The van der Waals surface area contributed by atoms with Gasteiger partial charge in [-0.15, -0.1) is 0 Å². The maximum absolute atomic E-state index is 15.6. The van der Waals surface area contributed by atoms with Gasteiger partial charge in [-0.25, -0.2) is 13.3 Å². The van der Waals surface area contributed by atoms with Gasteiger partial charge < -0.3 is 25.3 Å². The average molecular weight is 577 g/mol. The molecule has 2 saturated heterocycles. The zero-order chi connectivity index (χ0) is 29.1. The van der Waals surface area contributed by atoms with Crippen molar-refractivity contribution >= 4 is 28.2 Å². The fourth-order valence-electron chi connectivity index (χ4n) is 6.40. The Hall–Kier alpha value is -3.99. The van der Waals surface area contributed by atoms with Gasteiger partial charge in [0.15, 0.2) is 0 Å². The first-order valence-corrected chi connectivity index (χ1v) is 14.7. The summed E-state index contributed by atoms with van der Waals surface area (Å²) in [5.41, 5.74) is 9.39. The summed E-state index contributed by atoms with van der Waals surface area (Å²) in [4.78, 5) is 26.2. The molecule has 3 atom stereocenters. The monoisotopic (exact) mass is 576 g/mol. The molecule has 7 rings (SSSR count). The van der Waals surface area contributed by atoms with E-state index in [4.69, 9.17) is 15.6 Å². The van der Waals surface area contributed by atoms with E-state index in [0.717, 1.165) is 48.2 Å². The van der Waals surface area contributed by atoms with E-state index in [1.807, 2.05) is 25.1 Å². The Kier molecular flexibility index (Phi) is 6.64. The minimum Gasteiger partial charge on any atom is -0.489 e. The summed E-state index contributed by atoms with van der Waals surface area (Å²) in [7, 11) is 0. The number of pyridine rings is 1. The number of carbonyl (C=O) groups excluding carboxylic acids is 2. The molecule has 3 aromatic heterocycles. The molecule has 4 aromatic rings. The van der Waals surface area contributed by atoms with Crippen LogP contribution in [0.25, 0.3) is 27.8 Å². The van der Waals surface area contributed by atoms with Crippen molar-refractivity contribution in [2.75, 3.05) is 19.7 Å². The number of rotatable bonds is 7. The highest BCUT2D eigenvalue weighted by Gasteiger charge is 2.31. The number of aromatic nitrogens is 3. The predicted octanol–water partition coefficient (Wildman–Crippen LogP) is 3.98. The predicted molar refractivity (Wildman–Crippen MR) is 154 cm³/mol. The first kappa shape index (κ1) is 26.9. The van der Waals surface area contributed by atoms with E-state index in [-0.39, 0.29) is 42.5 Å². The summed E-state index contributed by atoms with van der Waals surface area (Å²) in [6, 6.07) is 8.69. The van der Waals surface area contributed by atoms with E-state index < -0.39 is 23.9 Å². The van der Waals surface area contributed by atoms with Crippen molar-refractivity contribution in [3.05, 3.63) is 53.5 Å². The molecule has 3 fully saturated rings. The molecule has 1 unspecified atom stereocenters. The molecule has 2 amide bonds. The maximum atomic E-state index is 15.6. The normalized spacial score (nSPS) is 22.7. The number of aryl methyl sites for hydroxylation is 1. The van der Waals surface area contributed by atoms with Crippen molar-refractivity contribution < 1.29 is 23.1 Å². The number of piperidine rings is 1. The van der Waals surface area contributed by atoms with Crippen LogP contribution in [0, 0.1) is 18.7 Å². The third-order valence-electron chi connectivity index (χ3n) is 8.67. The van der Waals surface area contributed by atoms with Gasteiger partial charge >= 0.3 is 0 Å². The Labute approximate surface area is 241 Å². The lowest BCUT2D eigenvalue weighted by Gasteiger charge is -2.32. The van der Waals surface area contributed by atoms with E-state index in [1.54, 1.807) is 0 Å². The minimum atomic E-state index is -1.20. The van der Waals surface area contributed by atoms with Gasteiger partial charge in [-0.1, -0.05) is 12.1 Å². The standard InChI is InChI=1S/C31H34F2N6O3/c1-17-28(36-39-13-20(9-24(33)29(17)39)31(41)37-14-21(32)11-22(34)15-37)25-10-19-3-2-4-26(30(19)38(25)12-18-5-6-18)42-16-23-7-8-27(40)35-23/h2-4,9-10,13,18,21-23H,5-8,11-12,14-16,34H2,1H3,(H,35,40)/t21-,22-,23?/m1/s1. The highest BCUT2D eigenvalue weighted by molar-refractivity contribution is 5.95. The lowest BCUT2D eigenvalue weighted by Crippen LogP contribution is -2.50. The number of halogens is 2. The van der Waals surface area contributed by atoms with Crippen molar-refractivity contribution in [2.45, 2.75) is 63.8 Å². The Bertz CT molecular complexity index is 1700. The largest absolute Gasteiger partial charge is 0.489 e. The Morgan fingerprint density at radius 2 is 2.02 bits per heavy atom. The highest BCUT2D eigenvalue weighted by Crippen LogP contribution is 2.40. The third-order valence-corrected chi connectivity index (χ3v) is 8.67. The molecule has 0 radical (unpaired) electrons. The van der Waals surface area contributed by atoms with Crippen molar-refractivity contribution in [3.8, 4) is 17.1 Å². The second-order valence-electron chi connectivity index (χ2n) is 12.0. The van der Waals surface area contributed by atoms with Gasteiger partial charge in [0.2, 0.25) is 5.91 Å². The number of fused-ring (bicyclic) bond motifs is 2. The lowest BCUT2D eigenvalue weighted by molar-refractivity contribution is -0.119. The molecular formula is C31H34F2N6O3. The summed E-state index contributed by atoms with van der Waals surface area (Å²) in [5, 5.41) is 8.72. The number of amides is 2. The minimum absolute atomic E-state index is 0.0175. The van der Waals surface area contributed by atoms with E-state index >= 15 is 4.39 Å². The molecule has 42 heavy (non-hydrogen) atoms. The number of nitrogens with two attached hydrogens (primary N) is 1.